The second-order valence-corrected chi connectivity index (χ2v) is 2.26. The molecule has 0 aromatic rings. The van der Waals surface area contributed by atoms with E-state index in [4.69, 9.17) is 0 Å². The van der Waals surface area contributed by atoms with Crippen LogP contribution >= 0.6 is 0 Å². The van der Waals surface area contributed by atoms with Gasteiger partial charge in [-0.05, 0) is 19.4 Å². The van der Waals surface area contributed by atoms with Gasteiger partial charge in [0, 0.05) is 7.05 Å². The Labute approximate surface area is 54.8 Å². The molecule has 1 unspecified atom stereocenters. The Morgan fingerprint density at radius 1 is 1.78 bits per heavy atom. The van der Waals surface area contributed by atoms with Crippen molar-refractivity contribution in [3.63, 3.8) is 0 Å². The first-order valence-corrected chi connectivity index (χ1v) is 3.29. The summed E-state index contributed by atoms with van der Waals surface area (Å²) < 4.78 is 0. The molecule has 0 saturated carbocycles. The van der Waals surface area contributed by atoms with E-state index in [0.29, 0.717) is 0 Å². The minimum atomic E-state index is 0.0787. The largest absolute Gasteiger partial charge is 0.358 e. The molecule has 52 valence electrons. The van der Waals surface area contributed by atoms with Gasteiger partial charge >= 0.3 is 0 Å². The van der Waals surface area contributed by atoms with Crippen LogP contribution in [0.25, 0.3) is 0 Å². The summed E-state index contributed by atoms with van der Waals surface area (Å²) in [5.41, 5.74) is 0. The van der Waals surface area contributed by atoms with E-state index >= 15 is 0 Å². The molecule has 2 N–H and O–H groups in total. The number of hydrogen-bond donors (Lipinski definition) is 2. The van der Waals surface area contributed by atoms with Crippen LogP contribution in [-0.2, 0) is 4.79 Å². The Morgan fingerprint density at radius 3 is 3.00 bits per heavy atom. The molecule has 1 amide bonds. The highest BCUT2D eigenvalue weighted by Crippen LogP contribution is 2.03. The molecule has 1 aliphatic rings. The van der Waals surface area contributed by atoms with E-state index in [1.807, 2.05) is 0 Å². The smallest absolute Gasteiger partial charge is 0.236 e. The van der Waals surface area contributed by atoms with Crippen molar-refractivity contribution in [1.29, 1.82) is 0 Å². The van der Waals surface area contributed by atoms with Crippen LogP contribution in [0, 0.1) is 0 Å². The average molecular weight is 128 g/mol. The molecule has 0 radical (unpaired) electrons. The zero-order valence-electron chi connectivity index (χ0n) is 5.61. The molecule has 0 aromatic heterocycles. The summed E-state index contributed by atoms with van der Waals surface area (Å²) in [7, 11) is 1.67. The van der Waals surface area contributed by atoms with Crippen molar-refractivity contribution < 1.29 is 4.79 Å². The Hall–Kier alpha value is -0.570. The van der Waals surface area contributed by atoms with Crippen molar-refractivity contribution in [2.75, 3.05) is 13.6 Å². The summed E-state index contributed by atoms with van der Waals surface area (Å²) in [6.07, 6.45) is 2.11. The summed E-state index contributed by atoms with van der Waals surface area (Å²) in [4.78, 5) is 10.8. The van der Waals surface area contributed by atoms with Crippen molar-refractivity contribution in [2.45, 2.75) is 18.9 Å². The third kappa shape index (κ3) is 1.42. The van der Waals surface area contributed by atoms with Crippen LogP contribution in [0.5, 0.6) is 0 Å². The molecule has 9 heavy (non-hydrogen) atoms. The molecule has 0 aromatic carbocycles. The van der Waals surface area contributed by atoms with Gasteiger partial charge in [0.05, 0.1) is 6.04 Å². The molecule has 3 nitrogen and oxygen atoms in total. The third-order valence-corrected chi connectivity index (χ3v) is 1.62. The highest BCUT2D eigenvalue weighted by Gasteiger charge is 2.19. The van der Waals surface area contributed by atoms with Crippen LogP contribution in [-0.4, -0.2) is 25.5 Å². The van der Waals surface area contributed by atoms with E-state index in [2.05, 4.69) is 10.6 Å². The lowest BCUT2D eigenvalue weighted by molar-refractivity contribution is -0.122. The van der Waals surface area contributed by atoms with Crippen LogP contribution in [0.3, 0.4) is 0 Å². The van der Waals surface area contributed by atoms with Crippen LogP contribution in [0.4, 0.5) is 0 Å². The molecule has 1 saturated heterocycles. The lowest BCUT2D eigenvalue weighted by Gasteiger charge is -2.05. The average Bonchev–Trinajstić information content (AvgIpc) is 2.37. The molecule has 0 spiro atoms. The van der Waals surface area contributed by atoms with Gasteiger partial charge in [-0.15, -0.1) is 0 Å². The fourth-order valence-corrected chi connectivity index (χ4v) is 1.08. The molecule has 0 bridgehead atoms. The van der Waals surface area contributed by atoms with Crippen molar-refractivity contribution >= 4 is 5.91 Å². The molecule has 0 aliphatic carbocycles. The first-order chi connectivity index (χ1) is 4.34. The fraction of sp³-hybridized carbons (Fsp3) is 0.833. The van der Waals surface area contributed by atoms with Crippen LogP contribution in [0.2, 0.25) is 0 Å². The van der Waals surface area contributed by atoms with Crippen molar-refractivity contribution in [2.24, 2.45) is 0 Å². The maximum Gasteiger partial charge on any atom is 0.236 e. The second kappa shape index (κ2) is 2.82. The molecule has 1 heterocycles. The predicted molar refractivity (Wildman–Crippen MR) is 35.1 cm³/mol. The van der Waals surface area contributed by atoms with Gasteiger partial charge in [0.25, 0.3) is 0 Å². The van der Waals surface area contributed by atoms with E-state index in [1.165, 1.54) is 0 Å². The van der Waals surface area contributed by atoms with Gasteiger partial charge in [0.15, 0.2) is 0 Å². The monoisotopic (exact) mass is 128 g/mol. The first-order valence-electron chi connectivity index (χ1n) is 3.29. The molecular weight excluding hydrogens is 116 g/mol. The van der Waals surface area contributed by atoms with Crippen molar-refractivity contribution in [3.05, 3.63) is 0 Å². The standard InChI is InChI=1S/C6H12N2O/c1-7-6(9)5-3-2-4-8-5/h5,8H,2-4H2,1H3,(H,7,9). The summed E-state index contributed by atoms with van der Waals surface area (Å²) >= 11 is 0. The minimum absolute atomic E-state index is 0.0787. The van der Waals surface area contributed by atoms with Crippen molar-refractivity contribution in [1.82, 2.24) is 10.6 Å². The summed E-state index contributed by atoms with van der Waals surface area (Å²) in [6.45, 7) is 0.984. The van der Waals surface area contributed by atoms with Gasteiger partial charge < -0.3 is 10.6 Å². The third-order valence-electron chi connectivity index (χ3n) is 1.62. The Bertz CT molecular complexity index is 108. The minimum Gasteiger partial charge on any atom is -0.358 e. The Balaban J connectivity index is 2.32. The van der Waals surface area contributed by atoms with Gasteiger partial charge in [-0.2, -0.15) is 0 Å². The summed E-state index contributed by atoms with van der Waals surface area (Å²) in [5, 5.41) is 5.70. The second-order valence-electron chi connectivity index (χ2n) is 2.26. The van der Waals surface area contributed by atoms with E-state index in [1.54, 1.807) is 7.05 Å². The number of amides is 1. The Morgan fingerprint density at radius 2 is 2.56 bits per heavy atom. The molecule has 3 heteroatoms. The zero-order chi connectivity index (χ0) is 6.69. The quantitative estimate of drug-likeness (QED) is 0.499. The summed E-state index contributed by atoms with van der Waals surface area (Å²) in [6, 6.07) is 0.0787. The number of hydrogen-bond acceptors (Lipinski definition) is 2. The number of likely N-dealkylation sites (N-methyl/N-ethyl adjacent to an activating group) is 1. The van der Waals surface area contributed by atoms with Gasteiger partial charge in [0.1, 0.15) is 0 Å². The zero-order valence-corrected chi connectivity index (χ0v) is 5.61. The molecular formula is C6H12N2O. The van der Waals surface area contributed by atoms with Crippen LogP contribution in [0.15, 0.2) is 0 Å². The lowest BCUT2D eigenvalue weighted by Crippen LogP contribution is -2.38. The van der Waals surface area contributed by atoms with E-state index in [-0.39, 0.29) is 11.9 Å². The molecule has 1 rings (SSSR count). The number of nitrogens with one attached hydrogen (secondary N) is 2. The maximum atomic E-state index is 10.8. The SMILES string of the molecule is CNC(=O)C1CCCN1. The predicted octanol–water partition coefficient (Wildman–Crippen LogP) is -0.516. The van der Waals surface area contributed by atoms with E-state index in [9.17, 15) is 4.79 Å². The van der Waals surface area contributed by atoms with Gasteiger partial charge in [-0.3, -0.25) is 4.79 Å². The normalized spacial score (nSPS) is 26.1. The van der Waals surface area contributed by atoms with E-state index in [0.717, 1.165) is 19.4 Å². The fourth-order valence-electron chi connectivity index (χ4n) is 1.08. The highest BCUT2D eigenvalue weighted by atomic mass is 16.2. The number of carbonyl (C=O) groups excluding carboxylic acids is 1. The topological polar surface area (TPSA) is 41.1 Å². The van der Waals surface area contributed by atoms with Gasteiger partial charge in [0.2, 0.25) is 5.91 Å². The number of rotatable bonds is 1. The van der Waals surface area contributed by atoms with Gasteiger partial charge in [-0.1, -0.05) is 0 Å². The Kier molecular flexibility index (Phi) is 2.05. The number of carbonyl (C=O) groups is 1. The van der Waals surface area contributed by atoms with Crippen LogP contribution in [0.1, 0.15) is 12.8 Å². The summed E-state index contributed by atoms with van der Waals surface area (Å²) in [5.74, 6) is 0.118. The van der Waals surface area contributed by atoms with E-state index < -0.39 is 0 Å². The van der Waals surface area contributed by atoms with Crippen LogP contribution < -0.4 is 10.6 Å². The first kappa shape index (κ1) is 6.55. The van der Waals surface area contributed by atoms with Gasteiger partial charge in [-0.25, -0.2) is 0 Å². The van der Waals surface area contributed by atoms with Crippen molar-refractivity contribution in [3.8, 4) is 0 Å². The lowest BCUT2D eigenvalue weighted by atomic mass is 10.2. The molecule has 1 aliphatic heterocycles. The molecule has 1 atom stereocenters. The maximum absolute atomic E-state index is 10.8. The molecule has 1 fully saturated rings. The highest BCUT2D eigenvalue weighted by molar-refractivity contribution is 5.81.